The SMILES string of the molecule is Cc1cc(Cl)sc1C1C/C(=N/N=C(N)N)c2c(C)ccnc2C1. The van der Waals surface area contributed by atoms with Crippen molar-refractivity contribution in [2.45, 2.75) is 32.6 Å². The van der Waals surface area contributed by atoms with Crippen LogP contribution in [0, 0.1) is 13.8 Å². The van der Waals surface area contributed by atoms with Crippen molar-refractivity contribution in [3.05, 3.63) is 49.9 Å². The van der Waals surface area contributed by atoms with Crippen molar-refractivity contribution in [3.63, 3.8) is 0 Å². The fourth-order valence-corrected chi connectivity index (χ4v) is 4.47. The first-order valence-electron chi connectivity index (χ1n) is 7.32. The smallest absolute Gasteiger partial charge is 0.211 e. The third-order valence-electron chi connectivity index (χ3n) is 3.99. The van der Waals surface area contributed by atoms with Crippen molar-refractivity contribution in [1.29, 1.82) is 0 Å². The Labute approximate surface area is 144 Å². The summed E-state index contributed by atoms with van der Waals surface area (Å²) in [6.45, 7) is 4.14. The highest BCUT2D eigenvalue weighted by molar-refractivity contribution is 7.16. The number of nitrogens with zero attached hydrogens (tertiary/aromatic N) is 3. The minimum atomic E-state index is -0.0435. The number of fused-ring (bicyclic) bond motifs is 1. The Morgan fingerprint density at radius 2 is 2.09 bits per heavy atom. The van der Waals surface area contributed by atoms with E-state index in [0.717, 1.165) is 39.7 Å². The standard InChI is InChI=1S/C16H18ClN5S/c1-8-3-4-20-11-6-10(15-9(2)5-13(17)23-15)7-12(14(8)11)21-22-16(18)19/h3-5,10H,6-7H2,1-2H3,(H4,18,19,22)/b21-12-. The number of pyridine rings is 1. The van der Waals surface area contributed by atoms with Crippen LogP contribution in [0.15, 0.2) is 28.5 Å². The first-order chi connectivity index (χ1) is 11.0. The lowest BCUT2D eigenvalue weighted by Gasteiger charge is -2.25. The molecule has 2 heterocycles. The second kappa shape index (κ2) is 6.29. The number of rotatable bonds is 2. The lowest BCUT2D eigenvalue weighted by atomic mass is 9.82. The van der Waals surface area contributed by atoms with Crippen molar-refractivity contribution < 1.29 is 0 Å². The predicted molar refractivity (Wildman–Crippen MR) is 96.4 cm³/mol. The molecule has 2 aromatic heterocycles. The highest BCUT2D eigenvalue weighted by Gasteiger charge is 2.29. The zero-order valence-corrected chi connectivity index (χ0v) is 14.6. The molecule has 23 heavy (non-hydrogen) atoms. The summed E-state index contributed by atoms with van der Waals surface area (Å²) in [6.07, 6.45) is 3.48. The molecule has 0 fully saturated rings. The third-order valence-corrected chi connectivity index (χ3v) is 5.52. The van der Waals surface area contributed by atoms with Crippen molar-refractivity contribution in [3.8, 4) is 0 Å². The van der Waals surface area contributed by atoms with Crippen LogP contribution in [-0.2, 0) is 6.42 Å². The molecule has 5 nitrogen and oxygen atoms in total. The lowest BCUT2D eigenvalue weighted by molar-refractivity contribution is 0.685. The summed E-state index contributed by atoms with van der Waals surface area (Å²) in [7, 11) is 0. The Morgan fingerprint density at radius 1 is 1.30 bits per heavy atom. The lowest BCUT2D eigenvalue weighted by Crippen LogP contribution is -2.24. The highest BCUT2D eigenvalue weighted by Crippen LogP contribution is 2.40. The second-order valence-electron chi connectivity index (χ2n) is 5.72. The summed E-state index contributed by atoms with van der Waals surface area (Å²) in [5.41, 5.74) is 16.2. The molecule has 0 saturated heterocycles. The fourth-order valence-electron chi connectivity index (χ4n) is 3.06. The van der Waals surface area contributed by atoms with Crippen LogP contribution < -0.4 is 11.5 Å². The summed E-state index contributed by atoms with van der Waals surface area (Å²) in [5, 5.41) is 8.14. The number of aromatic nitrogens is 1. The average molecular weight is 348 g/mol. The first kappa shape index (κ1) is 16.0. The molecule has 120 valence electrons. The molecule has 0 saturated carbocycles. The fraction of sp³-hybridized carbons (Fsp3) is 0.312. The maximum Gasteiger partial charge on any atom is 0.211 e. The van der Waals surface area contributed by atoms with Gasteiger partial charge in [0.05, 0.1) is 15.7 Å². The number of halogens is 1. The largest absolute Gasteiger partial charge is 0.369 e. The number of aryl methyl sites for hydroxylation is 2. The van der Waals surface area contributed by atoms with Crippen LogP contribution >= 0.6 is 22.9 Å². The quantitative estimate of drug-likeness (QED) is 0.497. The van der Waals surface area contributed by atoms with E-state index in [1.807, 2.05) is 18.3 Å². The minimum Gasteiger partial charge on any atom is -0.369 e. The van der Waals surface area contributed by atoms with E-state index in [9.17, 15) is 0 Å². The normalized spacial score (nSPS) is 18.7. The van der Waals surface area contributed by atoms with Crippen LogP contribution in [-0.4, -0.2) is 16.7 Å². The molecule has 0 aromatic carbocycles. The Morgan fingerprint density at radius 3 is 2.74 bits per heavy atom. The molecule has 0 bridgehead atoms. The van der Waals surface area contributed by atoms with Crippen molar-refractivity contribution in [2.75, 3.05) is 0 Å². The van der Waals surface area contributed by atoms with Crippen LogP contribution in [0.1, 0.15) is 39.6 Å². The van der Waals surface area contributed by atoms with Gasteiger partial charge in [0.15, 0.2) is 0 Å². The Bertz CT molecular complexity index is 805. The Hall–Kier alpha value is -1.92. The van der Waals surface area contributed by atoms with E-state index < -0.39 is 0 Å². The molecule has 0 spiro atoms. The van der Waals surface area contributed by atoms with Crippen LogP contribution in [0.2, 0.25) is 4.34 Å². The topological polar surface area (TPSA) is 89.6 Å². The van der Waals surface area contributed by atoms with E-state index >= 15 is 0 Å². The van der Waals surface area contributed by atoms with Gasteiger partial charge in [-0.3, -0.25) is 4.98 Å². The van der Waals surface area contributed by atoms with Crippen LogP contribution in [0.5, 0.6) is 0 Å². The van der Waals surface area contributed by atoms with E-state index in [2.05, 4.69) is 29.0 Å². The molecule has 7 heteroatoms. The molecule has 0 amide bonds. The Balaban J connectivity index is 2.08. The van der Waals surface area contributed by atoms with Gasteiger partial charge < -0.3 is 11.5 Å². The van der Waals surface area contributed by atoms with E-state index in [1.165, 1.54) is 10.4 Å². The molecule has 2 aromatic rings. The van der Waals surface area contributed by atoms with E-state index in [-0.39, 0.29) is 5.96 Å². The number of guanidine groups is 1. The Kier molecular flexibility index (Phi) is 4.37. The van der Waals surface area contributed by atoms with E-state index in [4.69, 9.17) is 23.1 Å². The van der Waals surface area contributed by atoms with Crippen molar-refractivity contribution in [2.24, 2.45) is 21.7 Å². The van der Waals surface area contributed by atoms with Gasteiger partial charge in [-0.1, -0.05) is 11.6 Å². The molecule has 1 aliphatic rings. The second-order valence-corrected chi connectivity index (χ2v) is 7.44. The molecule has 0 radical (unpaired) electrons. The van der Waals surface area contributed by atoms with Gasteiger partial charge in [0.25, 0.3) is 0 Å². The minimum absolute atomic E-state index is 0.0435. The van der Waals surface area contributed by atoms with Crippen LogP contribution in [0.4, 0.5) is 0 Å². The maximum atomic E-state index is 6.17. The average Bonchev–Trinajstić information content (AvgIpc) is 2.83. The molecular formula is C16H18ClN5S. The molecular weight excluding hydrogens is 330 g/mol. The maximum absolute atomic E-state index is 6.17. The van der Waals surface area contributed by atoms with Crippen molar-refractivity contribution in [1.82, 2.24) is 4.98 Å². The van der Waals surface area contributed by atoms with Crippen LogP contribution in [0.25, 0.3) is 0 Å². The summed E-state index contributed by atoms with van der Waals surface area (Å²) >= 11 is 7.79. The third kappa shape index (κ3) is 3.23. The number of nitrogens with two attached hydrogens (primary N) is 2. The predicted octanol–water partition coefficient (Wildman–Crippen LogP) is 3.12. The van der Waals surface area contributed by atoms with Crippen LogP contribution in [0.3, 0.4) is 0 Å². The molecule has 0 aliphatic heterocycles. The number of thiophene rings is 1. The zero-order chi connectivity index (χ0) is 16.6. The monoisotopic (exact) mass is 347 g/mol. The van der Waals surface area contributed by atoms with Gasteiger partial charge in [0, 0.05) is 29.0 Å². The number of hydrogen-bond acceptors (Lipinski definition) is 4. The van der Waals surface area contributed by atoms with Gasteiger partial charge in [-0.2, -0.15) is 5.10 Å². The van der Waals surface area contributed by atoms with E-state index in [1.54, 1.807) is 11.3 Å². The van der Waals surface area contributed by atoms with Gasteiger partial charge in [-0.15, -0.1) is 16.4 Å². The van der Waals surface area contributed by atoms with Gasteiger partial charge in [0.1, 0.15) is 0 Å². The molecule has 4 N–H and O–H groups in total. The van der Waals surface area contributed by atoms with E-state index in [0.29, 0.717) is 5.92 Å². The molecule has 1 aliphatic carbocycles. The zero-order valence-electron chi connectivity index (χ0n) is 13.0. The summed E-state index contributed by atoms with van der Waals surface area (Å²) in [6, 6.07) is 3.99. The summed E-state index contributed by atoms with van der Waals surface area (Å²) in [5.74, 6) is 0.250. The van der Waals surface area contributed by atoms with Gasteiger partial charge in [-0.05, 0) is 43.5 Å². The molecule has 3 rings (SSSR count). The summed E-state index contributed by atoms with van der Waals surface area (Å²) in [4.78, 5) is 5.83. The van der Waals surface area contributed by atoms with Gasteiger partial charge in [0.2, 0.25) is 5.96 Å². The van der Waals surface area contributed by atoms with Crippen molar-refractivity contribution >= 4 is 34.6 Å². The number of hydrogen-bond donors (Lipinski definition) is 2. The summed E-state index contributed by atoms with van der Waals surface area (Å²) < 4.78 is 0.809. The van der Waals surface area contributed by atoms with Gasteiger partial charge >= 0.3 is 0 Å². The first-order valence-corrected chi connectivity index (χ1v) is 8.51. The molecule has 1 atom stereocenters. The van der Waals surface area contributed by atoms with Gasteiger partial charge in [-0.25, -0.2) is 0 Å². The molecule has 1 unspecified atom stereocenters. The highest BCUT2D eigenvalue weighted by atomic mass is 35.5.